The van der Waals surface area contributed by atoms with E-state index >= 15 is 0 Å². The number of methoxy groups -OCH3 is 2. The maximum absolute atomic E-state index is 11.5. The number of ether oxygens (including phenoxy) is 3. The fourth-order valence-corrected chi connectivity index (χ4v) is 3.30. The summed E-state index contributed by atoms with van der Waals surface area (Å²) in [6, 6.07) is 10.2. The number of aliphatic hydroxyl groups is 1. The minimum absolute atomic E-state index is 0.0686. The zero-order valence-electron chi connectivity index (χ0n) is 17.6. The molecule has 3 N–H and O–H groups in total. The Kier molecular flexibility index (Phi) is 8.80. The number of carbonyl (C=O) groups is 1. The molecular weight excluding hydrogens is 388 g/mol. The summed E-state index contributed by atoms with van der Waals surface area (Å²) < 4.78 is 15.6. The summed E-state index contributed by atoms with van der Waals surface area (Å²) in [5.74, 6) is 0.533. The quantitative estimate of drug-likeness (QED) is 0.481. The van der Waals surface area contributed by atoms with Gasteiger partial charge >= 0.3 is 5.97 Å². The average Bonchev–Trinajstić information content (AvgIpc) is 2.72. The molecule has 0 radical (unpaired) electrons. The molecule has 0 saturated heterocycles. The highest BCUT2D eigenvalue weighted by atomic mass is 16.5. The van der Waals surface area contributed by atoms with E-state index in [9.17, 15) is 20.1 Å². The molecule has 0 saturated carbocycles. The van der Waals surface area contributed by atoms with Gasteiger partial charge in [-0.3, -0.25) is 4.79 Å². The summed E-state index contributed by atoms with van der Waals surface area (Å²) in [6.45, 7) is 1.35. The normalized spacial score (nSPS) is 12.8. The van der Waals surface area contributed by atoms with Gasteiger partial charge in [-0.2, -0.15) is 0 Å². The lowest BCUT2D eigenvalue weighted by atomic mass is 9.98. The van der Waals surface area contributed by atoms with Crippen molar-refractivity contribution in [2.75, 3.05) is 14.2 Å². The van der Waals surface area contributed by atoms with Crippen LogP contribution in [0.5, 0.6) is 23.0 Å². The number of benzene rings is 2. The summed E-state index contributed by atoms with van der Waals surface area (Å²) in [4.78, 5) is 11.5. The lowest BCUT2D eigenvalue weighted by Crippen LogP contribution is -2.24. The van der Waals surface area contributed by atoms with Crippen molar-refractivity contribution in [2.24, 2.45) is 0 Å². The van der Waals surface area contributed by atoms with Gasteiger partial charge in [-0.1, -0.05) is 12.1 Å². The highest BCUT2D eigenvalue weighted by molar-refractivity contribution is 5.66. The Morgan fingerprint density at radius 1 is 0.900 bits per heavy atom. The summed E-state index contributed by atoms with van der Waals surface area (Å²) >= 11 is 0. The van der Waals surface area contributed by atoms with Crippen molar-refractivity contribution in [1.29, 1.82) is 0 Å². The number of phenols is 2. The number of phenolic OH excluding ortho intramolecular Hbond substituents is 2. The van der Waals surface area contributed by atoms with Gasteiger partial charge in [0, 0.05) is 13.3 Å². The lowest BCUT2D eigenvalue weighted by molar-refractivity contribution is -0.148. The topological polar surface area (TPSA) is 105 Å². The van der Waals surface area contributed by atoms with E-state index < -0.39 is 18.2 Å². The molecule has 0 aliphatic rings. The minimum Gasteiger partial charge on any atom is -0.504 e. The zero-order chi connectivity index (χ0) is 22.1. The molecule has 0 aliphatic carbocycles. The maximum atomic E-state index is 11.5. The first-order chi connectivity index (χ1) is 14.3. The molecule has 2 atom stereocenters. The summed E-state index contributed by atoms with van der Waals surface area (Å²) in [5.41, 5.74) is 1.87. The van der Waals surface area contributed by atoms with E-state index in [0.717, 1.165) is 11.1 Å². The van der Waals surface area contributed by atoms with Gasteiger partial charge in [0.1, 0.15) is 6.10 Å². The van der Waals surface area contributed by atoms with Gasteiger partial charge in [0.05, 0.1) is 20.3 Å². The zero-order valence-corrected chi connectivity index (χ0v) is 17.6. The Hall–Kier alpha value is -2.93. The minimum atomic E-state index is -0.650. The molecule has 7 nitrogen and oxygen atoms in total. The number of aliphatic hydroxyl groups excluding tert-OH is 1. The first-order valence-electron chi connectivity index (χ1n) is 9.89. The van der Waals surface area contributed by atoms with Crippen LogP contribution in [0.1, 0.15) is 37.3 Å². The van der Waals surface area contributed by atoms with Crippen LogP contribution in [0.15, 0.2) is 36.4 Å². The van der Waals surface area contributed by atoms with Crippen LogP contribution in [0.3, 0.4) is 0 Å². The van der Waals surface area contributed by atoms with E-state index in [1.165, 1.54) is 21.1 Å². The van der Waals surface area contributed by atoms with Crippen molar-refractivity contribution >= 4 is 5.97 Å². The Balaban J connectivity index is 1.92. The van der Waals surface area contributed by atoms with Gasteiger partial charge in [-0.25, -0.2) is 0 Å². The third-order valence-electron chi connectivity index (χ3n) is 4.88. The molecule has 0 fully saturated rings. The molecular formula is C23H30O7. The molecule has 0 bridgehead atoms. The molecule has 0 heterocycles. The van der Waals surface area contributed by atoms with Crippen molar-refractivity contribution in [3.63, 3.8) is 0 Å². The second kappa shape index (κ2) is 11.3. The van der Waals surface area contributed by atoms with Crippen molar-refractivity contribution in [3.8, 4) is 23.0 Å². The predicted molar refractivity (Wildman–Crippen MR) is 112 cm³/mol. The van der Waals surface area contributed by atoms with Crippen LogP contribution in [-0.2, 0) is 22.4 Å². The number of rotatable bonds is 11. The Morgan fingerprint density at radius 3 is 1.87 bits per heavy atom. The Labute approximate surface area is 176 Å². The number of hydrogen-bond acceptors (Lipinski definition) is 7. The second-order valence-electron chi connectivity index (χ2n) is 7.21. The van der Waals surface area contributed by atoms with Gasteiger partial charge in [0.25, 0.3) is 0 Å². The van der Waals surface area contributed by atoms with Crippen LogP contribution < -0.4 is 9.47 Å². The van der Waals surface area contributed by atoms with Gasteiger partial charge in [-0.15, -0.1) is 0 Å². The first-order valence-corrected chi connectivity index (χ1v) is 9.89. The Bertz CT molecular complexity index is 834. The van der Waals surface area contributed by atoms with Crippen LogP contribution in [-0.4, -0.2) is 47.7 Å². The fourth-order valence-electron chi connectivity index (χ4n) is 3.30. The van der Waals surface area contributed by atoms with Gasteiger partial charge in [0.15, 0.2) is 23.0 Å². The molecule has 0 unspecified atom stereocenters. The van der Waals surface area contributed by atoms with Gasteiger partial charge < -0.3 is 29.5 Å². The van der Waals surface area contributed by atoms with Crippen molar-refractivity contribution < 1.29 is 34.3 Å². The number of hydrogen-bond donors (Lipinski definition) is 3. The SMILES string of the molecule is COc1cc(CC[C@H](O)C[C@@H](CCc2ccc(O)c(OC)c2)OC(C)=O)ccc1O. The van der Waals surface area contributed by atoms with E-state index in [1.54, 1.807) is 36.4 Å². The standard InChI is InChI=1S/C23H30O7/c1-15(24)30-19(9-5-17-7-11-21(27)23(13-17)29-3)14-18(25)8-4-16-6-10-20(26)22(12-16)28-2/h6-7,10-13,18-19,25-27H,4-5,8-9,14H2,1-3H3/t18-,19+/m0/s1. The van der Waals surface area contributed by atoms with Crippen LogP contribution in [0.4, 0.5) is 0 Å². The van der Waals surface area contributed by atoms with Gasteiger partial charge in [-0.05, 0) is 61.1 Å². The fraction of sp³-hybridized carbons (Fsp3) is 0.435. The Morgan fingerprint density at radius 2 is 1.40 bits per heavy atom. The smallest absolute Gasteiger partial charge is 0.302 e. The molecule has 2 aromatic rings. The summed E-state index contributed by atoms with van der Waals surface area (Å²) in [6.07, 6.45) is 1.48. The molecule has 0 spiro atoms. The maximum Gasteiger partial charge on any atom is 0.302 e. The van der Waals surface area contributed by atoms with E-state index in [2.05, 4.69) is 0 Å². The highest BCUT2D eigenvalue weighted by Gasteiger charge is 2.18. The molecule has 30 heavy (non-hydrogen) atoms. The molecule has 164 valence electrons. The van der Waals surface area contributed by atoms with Crippen LogP contribution >= 0.6 is 0 Å². The van der Waals surface area contributed by atoms with E-state index in [4.69, 9.17) is 14.2 Å². The number of esters is 1. The highest BCUT2D eigenvalue weighted by Crippen LogP contribution is 2.28. The monoisotopic (exact) mass is 418 g/mol. The number of aryl methyl sites for hydroxylation is 2. The van der Waals surface area contributed by atoms with Gasteiger partial charge in [0.2, 0.25) is 0 Å². The molecule has 2 aromatic carbocycles. The third kappa shape index (κ3) is 7.15. The molecule has 0 aromatic heterocycles. The average molecular weight is 418 g/mol. The molecule has 2 rings (SSSR count). The number of aromatic hydroxyl groups is 2. The predicted octanol–water partition coefficient (Wildman–Crippen LogP) is 3.36. The number of carbonyl (C=O) groups excluding carboxylic acids is 1. The molecule has 0 amide bonds. The van der Waals surface area contributed by atoms with Crippen molar-refractivity contribution in [1.82, 2.24) is 0 Å². The van der Waals surface area contributed by atoms with Crippen LogP contribution in [0.2, 0.25) is 0 Å². The van der Waals surface area contributed by atoms with Crippen molar-refractivity contribution in [2.45, 2.75) is 51.2 Å². The lowest BCUT2D eigenvalue weighted by Gasteiger charge is -2.21. The summed E-state index contributed by atoms with van der Waals surface area (Å²) in [7, 11) is 2.97. The van der Waals surface area contributed by atoms with Crippen molar-refractivity contribution in [3.05, 3.63) is 47.5 Å². The summed E-state index contributed by atoms with van der Waals surface area (Å²) in [5, 5.41) is 29.8. The largest absolute Gasteiger partial charge is 0.504 e. The van der Waals surface area contributed by atoms with Crippen LogP contribution in [0.25, 0.3) is 0 Å². The first kappa shape index (κ1) is 23.3. The second-order valence-corrected chi connectivity index (χ2v) is 7.21. The van der Waals surface area contributed by atoms with E-state index in [-0.39, 0.29) is 11.5 Å². The van der Waals surface area contributed by atoms with E-state index in [1.807, 2.05) is 0 Å². The molecule has 7 heteroatoms. The van der Waals surface area contributed by atoms with Crippen LogP contribution in [0, 0.1) is 0 Å². The van der Waals surface area contributed by atoms with E-state index in [0.29, 0.717) is 43.6 Å². The molecule has 0 aliphatic heterocycles. The third-order valence-corrected chi connectivity index (χ3v) is 4.88.